The Hall–Kier alpha value is -11.8. The summed E-state index contributed by atoms with van der Waals surface area (Å²) in [6.07, 6.45) is 20.1. The van der Waals surface area contributed by atoms with E-state index >= 15 is 0 Å². The molecule has 0 bridgehead atoms. The molecular formula is C82H90N16O4. The maximum atomic E-state index is 13.0. The number of allylic oxidation sites excluding steroid dienone is 1. The maximum absolute atomic E-state index is 13.0. The molecule has 1 aliphatic heterocycles. The first kappa shape index (κ1) is 71.5. The zero-order valence-electron chi connectivity index (χ0n) is 57.5. The second-order valence-electron chi connectivity index (χ2n) is 25.7. The smallest absolute Gasteiger partial charge is 0.407 e. The van der Waals surface area contributed by atoms with Gasteiger partial charge < -0.3 is 54.5 Å². The molecule has 2 aromatic heterocycles. The quantitative estimate of drug-likeness (QED) is 0.0416. The van der Waals surface area contributed by atoms with Crippen LogP contribution in [0.15, 0.2) is 229 Å². The molecule has 1 fully saturated rings. The number of ether oxygens (including phenoxy) is 2. The summed E-state index contributed by atoms with van der Waals surface area (Å²) in [7, 11) is 0. The molecule has 0 radical (unpaired) electrons. The number of para-hydroxylation sites is 6. The number of nitrogens with two attached hydrogens (primary N) is 6. The number of aromatic nitrogens is 6. The van der Waals surface area contributed by atoms with Crippen LogP contribution in [-0.2, 0) is 35.4 Å². The summed E-state index contributed by atoms with van der Waals surface area (Å²) in [5, 5.41) is 40.7. The van der Waals surface area contributed by atoms with Gasteiger partial charge in [0, 0.05) is 92.4 Å². The van der Waals surface area contributed by atoms with Crippen LogP contribution in [0, 0.1) is 11.8 Å². The SMILES string of the molecule is Nc1ccccc1-c1nnc(-c2ccccc2N)c2c1CCCCCC2.Nc1ccccc1-c1nnc(-c2ccccc2N)nn1.Nc1ccccc1C1=NN=C(c2ccccc2N)C2C(OC(=O)NCc3ccccc3)CCCCCC12.O=C(NCc1ccccc1)OC1/C=C/CCCCC1. The minimum atomic E-state index is -0.433. The molecule has 0 saturated heterocycles. The highest BCUT2D eigenvalue weighted by molar-refractivity contribution is 6.15. The van der Waals surface area contributed by atoms with Crippen LogP contribution in [-0.4, -0.2) is 66.4 Å². The van der Waals surface area contributed by atoms with Crippen molar-refractivity contribution in [2.45, 2.75) is 128 Å². The number of hydrogen-bond acceptors (Lipinski definition) is 18. The first-order valence-electron chi connectivity index (χ1n) is 35.3. The molecule has 20 heteroatoms. The highest BCUT2D eigenvalue weighted by Crippen LogP contribution is 2.41. The normalized spacial score (nSPS) is 17.4. The number of alkyl carbamates (subject to hydrolysis) is 2. The van der Waals surface area contributed by atoms with Gasteiger partial charge in [-0.3, -0.25) is 0 Å². The van der Waals surface area contributed by atoms with Crippen LogP contribution < -0.4 is 45.0 Å². The Morgan fingerprint density at radius 2 is 0.745 bits per heavy atom. The van der Waals surface area contributed by atoms with Gasteiger partial charge in [-0.25, -0.2) is 9.59 Å². The number of nitrogens with zero attached hydrogens (tertiary/aromatic N) is 8. The van der Waals surface area contributed by atoms with E-state index in [2.05, 4.69) is 47.3 Å². The monoisotopic (exact) mass is 1360 g/mol. The van der Waals surface area contributed by atoms with Crippen molar-refractivity contribution < 1.29 is 19.1 Å². The Balaban J connectivity index is 0.000000142. The standard InChI is InChI=1S/C30H33N5O2.C22H24N4.C16H21NO2.C14H12N6/c31-24-16-9-7-13-21(24)28-23-15-5-2-6-18-26(37-30(36)33-19-20-11-3-1-4-12-20)27(23)29(35-34-28)22-14-8-10-17-25(22)32;23-19-13-7-5-11-17(19)21-15-9-3-1-2-4-10-16(15)22(26-25-21)18-12-6-8-14-20(18)24;18-16(17-13-14-9-5-4-6-10-14)19-15-11-7-2-1-3-8-12-15;15-11-7-3-1-5-9(11)13-17-19-14(20-18-13)10-6-2-4-8-12(10)16/h1,3-4,7-14,16-17,23,26-27H,2,5-6,15,18-19,31-32H2,(H,33,36);5-8,11-14H,1-4,9-10,23-24H2;4-7,9-11,15H,1-3,8,12-13H2,(H,17,18);1-8H,15-16H2/b;;11-7+;. The molecule has 3 aliphatic carbocycles. The summed E-state index contributed by atoms with van der Waals surface area (Å²) < 4.78 is 11.6. The molecular weight excluding hydrogens is 1270 g/mol. The Kier molecular flexibility index (Phi) is 25.5. The Labute approximate surface area is 596 Å². The Morgan fingerprint density at radius 1 is 0.373 bits per heavy atom. The van der Waals surface area contributed by atoms with Crippen LogP contribution >= 0.6 is 0 Å². The van der Waals surface area contributed by atoms with Crippen molar-refractivity contribution in [2.75, 3.05) is 34.4 Å². The molecule has 8 aromatic carbocycles. The van der Waals surface area contributed by atoms with Crippen molar-refractivity contribution in [3.63, 3.8) is 0 Å². The number of rotatable bonds is 12. The highest BCUT2D eigenvalue weighted by atomic mass is 16.6. The van der Waals surface area contributed by atoms with Gasteiger partial charge in [-0.2, -0.15) is 10.2 Å². The molecule has 2 amide bonds. The number of nitrogens with one attached hydrogen (secondary N) is 2. The van der Waals surface area contributed by atoms with Gasteiger partial charge >= 0.3 is 12.2 Å². The average Bonchev–Trinajstić information content (AvgIpc) is 0.769. The van der Waals surface area contributed by atoms with Crippen molar-refractivity contribution in [1.82, 2.24) is 41.2 Å². The third-order valence-corrected chi connectivity index (χ3v) is 18.6. The summed E-state index contributed by atoms with van der Waals surface area (Å²) >= 11 is 0. The van der Waals surface area contributed by atoms with Gasteiger partial charge in [-0.15, -0.1) is 30.6 Å². The third kappa shape index (κ3) is 19.1. The lowest BCUT2D eigenvalue weighted by Crippen LogP contribution is -2.45. The van der Waals surface area contributed by atoms with E-state index in [0.29, 0.717) is 58.6 Å². The van der Waals surface area contributed by atoms with E-state index in [0.717, 1.165) is 132 Å². The van der Waals surface area contributed by atoms with E-state index < -0.39 is 6.09 Å². The maximum Gasteiger partial charge on any atom is 0.407 e. The summed E-state index contributed by atoms with van der Waals surface area (Å²) in [4.78, 5) is 24.7. The number of fused-ring (bicyclic) bond motifs is 2. The van der Waals surface area contributed by atoms with Crippen molar-refractivity contribution >= 4 is 57.7 Å². The summed E-state index contributed by atoms with van der Waals surface area (Å²) in [5.41, 5.74) is 54.2. The predicted octanol–water partition coefficient (Wildman–Crippen LogP) is 15.8. The van der Waals surface area contributed by atoms with Crippen LogP contribution in [0.5, 0.6) is 0 Å². The molecule has 4 aliphatic rings. The molecule has 20 nitrogen and oxygen atoms in total. The minimum absolute atomic E-state index is 0.0102. The van der Waals surface area contributed by atoms with Crippen LogP contribution in [0.1, 0.15) is 123 Å². The van der Waals surface area contributed by atoms with E-state index in [-0.39, 0.29) is 30.1 Å². The minimum Gasteiger partial charge on any atom is -0.446 e. The number of carbonyl (C=O) groups is 2. The second kappa shape index (κ2) is 36.3. The van der Waals surface area contributed by atoms with E-state index in [1.807, 2.05) is 200 Å². The molecule has 14 rings (SSSR count). The fourth-order valence-electron chi connectivity index (χ4n) is 13.3. The van der Waals surface area contributed by atoms with Crippen molar-refractivity contribution in [1.29, 1.82) is 0 Å². The van der Waals surface area contributed by atoms with E-state index in [4.69, 9.17) is 54.1 Å². The average molecular weight is 1360 g/mol. The zero-order valence-corrected chi connectivity index (χ0v) is 57.5. The van der Waals surface area contributed by atoms with E-state index in [1.54, 1.807) is 12.1 Å². The number of anilines is 6. The summed E-state index contributed by atoms with van der Waals surface area (Å²) in [5.74, 6) is 0.575. The molecule has 4 unspecified atom stereocenters. The largest absolute Gasteiger partial charge is 0.446 e. The van der Waals surface area contributed by atoms with Crippen molar-refractivity contribution in [3.8, 4) is 45.3 Å². The van der Waals surface area contributed by atoms with Gasteiger partial charge in [0.05, 0.1) is 22.8 Å². The Bertz CT molecular complexity index is 4350. The fourth-order valence-corrected chi connectivity index (χ4v) is 13.3. The van der Waals surface area contributed by atoms with E-state index in [9.17, 15) is 9.59 Å². The topological polar surface area (TPSA) is 335 Å². The number of hydrogen-bond donors (Lipinski definition) is 8. The molecule has 1 saturated carbocycles. The summed E-state index contributed by atoms with van der Waals surface area (Å²) in [6.45, 7) is 0.913. The molecule has 102 heavy (non-hydrogen) atoms. The van der Waals surface area contributed by atoms with Crippen molar-refractivity contribution in [3.05, 3.63) is 252 Å². The van der Waals surface area contributed by atoms with Crippen LogP contribution in [0.25, 0.3) is 45.3 Å². The number of amides is 2. The number of nitrogen functional groups attached to an aromatic ring is 6. The zero-order chi connectivity index (χ0) is 70.8. The van der Waals surface area contributed by atoms with Gasteiger partial charge in [0.25, 0.3) is 0 Å². The van der Waals surface area contributed by atoms with Crippen LogP contribution in [0.3, 0.4) is 0 Å². The lowest BCUT2D eigenvalue weighted by atomic mass is 9.71. The van der Waals surface area contributed by atoms with Gasteiger partial charge in [-0.05, 0) is 147 Å². The van der Waals surface area contributed by atoms with E-state index in [1.165, 1.54) is 49.7 Å². The van der Waals surface area contributed by atoms with Gasteiger partial charge in [0.15, 0.2) is 0 Å². The van der Waals surface area contributed by atoms with Gasteiger partial charge in [-0.1, -0.05) is 196 Å². The molecule has 10 aromatic rings. The highest BCUT2D eigenvalue weighted by Gasteiger charge is 2.43. The van der Waals surface area contributed by atoms with Crippen molar-refractivity contribution in [2.24, 2.45) is 22.0 Å². The number of carbonyl (C=O) groups excluding carboxylic acids is 2. The second-order valence-corrected chi connectivity index (χ2v) is 25.7. The first-order chi connectivity index (χ1) is 50.0. The summed E-state index contributed by atoms with van der Waals surface area (Å²) in [6, 6.07) is 65.5. The molecule has 3 heterocycles. The molecule has 0 spiro atoms. The molecule has 4 atom stereocenters. The molecule has 522 valence electrons. The first-order valence-corrected chi connectivity index (χ1v) is 35.3. The molecule has 14 N–H and O–H groups in total. The van der Waals surface area contributed by atoms with Crippen LogP contribution in [0.4, 0.5) is 43.7 Å². The Morgan fingerprint density at radius 3 is 1.22 bits per heavy atom. The lowest BCUT2D eigenvalue weighted by Gasteiger charge is -2.38. The van der Waals surface area contributed by atoms with Crippen LogP contribution in [0.2, 0.25) is 0 Å². The van der Waals surface area contributed by atoms with Gasteiger partial charge in [0.1, 0.15) is 12.2 Å². The lowest BCUT2D eigenvalue weighted by molar-refractivity contribution is 0.0577. The third-order valence-electron chi connectivity index (χ3n) is 18.6. The number of benzene rings is 8. The van der Waals surface area contributed by atoms with Gasteiger partial charge in [0.2, 0.25) is 11.6 Å². The fraction of sp³-hybridized carbons (Fsp3) is 0.268. The predicted molar refractivity (Wildman–Crippen MR) is 409 cm³/mol.